The van der Waals surface area contributed by atoms with Crippen molar-refractivity contribution in [1.82, 2.24) is 4.90 Å². The Bertz CT molecular complexity index is 879. The zero-order valence-corrected chi connectivity index (χ0v) is 16.6. The van der Waals surface area contributed by atoms with Crippen LogP contribution in [0, 0.1) is 0 Å². The second-order valence-electron chi connectivity index (χ2n) is 6.67. The molecule has 2 aromatic carbocycles. The van der Waals surface area contributed by atoms with Crippen LogP contribution in [0.3, 0.4) is 0 Å². The molecule has 1 N–H and O–H groups in total. The van der Waals surface area contributed by atoms with Crippen molar-refractivity contribution in [3.8, 4) is 11.5 Å². The summed E-state index contributed by atoms with van der Waals surface area (Å²) in [6.07, 6.45) is 0.763. The number of benzene rings is 2. The molecule has 0 bridgehead atoms. The summed E-state index contributed by atoms with van der Waals surface area (Å²) in [5, 5.41) is 2.72. The smallest absolute Gasteiger partial charge is 0.254 e. The van der Waals surface area contributed by atoms with Crippen molar-refractivity contribution in [1.29, 1.82) is 0 Å². The molecule has 3 rings (SSSR count). The van der Waals surface area contributed by atoms with Crippen LogP contribution < -0.4 is 14.8 Å². The molecule has 28 heavy (non-hydrogen) atoms. The second-order valence-corrected chi connectivity index (χ2v) is 6.67. The summed E-state index contributed by atoms with van der Waals surface area (Å²) in [5.41, 5.74) is 3.44. The quantitative estimate of drug-likeness (QED) is 0.828. The molecule has 0 saturated carbocycles. The van der Waals surface area contributed by atoms with Gasteiger partial charge in [0, 0.05) is 31.3 Å². The molecule has 0 atom stereocenters. The topological polar surface area (TPSA) is 67.9 Å². The number of hydrogen-bond donors (Lipinski definition) is 1. The van der Waals surface area contributed by atoms with E-state index in [4.69, 9.17) is 9.47 Å². The summed E-state index contributed by atoms with van der Waals surface area (Å²) in [6, 6.07) is 11.0. The molecule has 1 aliphatic rings. The number of carbonyl (C=O) groups is 2. The molecule has 1 heterocycles. The van der Waals surface area contributed by atoms with Gasteiger partial charge in [-0.25, -0.2) is 0 Å². The zero-order valence-electron chi connectivity index (χ0n) is 16.6. The van der Waals surface area contributed by atoms with Crippen LogP contribution >= 0.6 is 0 Å². The molecule has 1 aliphatic heterocycles. The predicted molar refractivity (Wildman–Crippen MR) is 108 cm³/mol. The number of nitrogens with zero attached hydrogens (tertiary/aromatic N) is 1. The van der Waals surface area contributed by atoms with E-state index in [1.54, 1.807) is 24.3 Å². The van der Waals surface area contributed by atoms with E-state index in [2.05, 4.69) is 5.32 Å². The second kappa shape index (κ2) is 8.78. The molecule has 2 amide bonds. The fraction of sp³-hybridized carbons (Fsp3) is 0.364. The predicted octanol–water partition coefficient (Wildman–Crippen LogP) is 3.64. The summed E-state index contributed by atoms with van der Waals surface area (Å²) >= 11 is 0. The summed E-state index contributed by atoms with van der Waals surface area (Å²) in [7, 11) is 0. The summed E-state index contributed by atoms with van der Waals surface area (Å²) < 4.78 is 11.4. The van der Waals surface area contributed by atoms with Crippen molar-refractivity contribution in [2.24, 2.45) is 0 Å². The highest BCUT2D eigenvalue weighted by Gasteiger charge is 2.24. The van der Waals surface area contributed by atoms with Gasteiger partial charge in [0.2, 0.25) is 5.91 Å². The standard InChI is InChI=1S/C22H26N2O4/c1-4-27-20-12-16-9-10-24(14-18(16)13-21(20)28-5-2)22(26)17-7-6-8-19(11-17)23-15(3)25/h6-8,11-13H,4-5,9-10,14H2,1-3H3,(H,23,25). The van der Waals surface area contributed by atoms with Crippen LogP contribution in [0.25, 0.3) is 0 Å². The fourth-order valence-corrected chi connectivity index (χ4v) is 3.39. The number of amides is 2. The molecule has 2 aromatic rings. The number of ether oxygens (including phenoxy) is 2. The Morgan fingerprint density at radius 2 is 1.71 bits per heavy atom. The van der Waals surface area contributed by atoms with Crippen LogP contribution in [0.4, 0.5) is 5.69 Å². The van der Waals surface area contributed by atoms with Crippen LogP contribution in [0.15, 0.2) is 36.4 Å². The van der Waals surface area contributed by atoms with Gasteiger partial charge in [0.25, 0.3) is 5.91 Å². The Labute approximate surface area is 165 Å². The average Bonchev–Trinajstić information content (AvgIpc) is 2.67. The summed E-state index contributed by atoms with van der Waals surface area (Å²) in [6.45, 7) is 7.62. The molecule has 0 spiro atoms. The molecule has 0 unspecified atom stereocenters. The molecule has 148 valence electrons. The Balaban J connectivity index is 1.81. The number of fused-ring (bicyclic) bond motifs is 1. The summed E-state index contributed by atoms with van der Waals surface area (Å²) in [4.78, 5) is 26.1. The molecule has 0 saturated heterocycles. The third-order valence-electron chi connectivity index (χ3n) is 4.60. The number of anilines is 1. The van der Waals surface area contributed by atoms with Gasteiger partial charge in [-0.1, -0.05) is 6.07 Å². The maximum absolute atomic E-state index is 13.0. The molecule has 0 radical (unpaired) electrons. The molecule has 0 aromatic heterocycles. The maximum atomic E-state index is 13.0. The van der Waals surface area contributed by atoms with Crippen LogP contribution in [-0.2, 0) is 17.8 Å². The van der Waals surface area contributed by atoms with Crippen LogP contribution in [0.5, 0.6) is 11.5 Å². The minimum atomic E-state index is -0.162. The SMILES string of the molecule is CCOc1cc2c(cc1OCC)CN(C(=O)c1cccc(NC(C)=O)c1)CC2. The van der Waals surface area contributed by atoms with E-state index in [-0.39, 0.29) is 11.8 Å². The van der Waals surface area contributed by atoms with Crippen molar-refractivity contribution in [2.45, 2.75) is 33.7 Å². The first-order valence-electron chi connectivity index (χ1n) is 9.60. The monoisotopic (exact) mass is 382 g/mol. The van der Waals surface area contributed by atoms with Gasteiger partial charge in [-0.2, -0.15) is 0 Å². The minimum Gasteiger partial charge on any atom is -0.490 e. The van der Waals surface area contributed by atoms with Gasteiger partial charge in [0.05, 0.1) is 13.2 Å². The van der Waals surface area contributed by atoms with E-state index >= 15 is 0 Å². The van der Waals surface area contributed by atoms with Crippen molar-refractivity contribution in [3.63, 3.8) is 0 Å². The number of nitrogens with one attached hydrogen (secondary N) is 1. The average molecular weight is 382 g/mol. The Kier molecular flexibility index (Phi) is 6.19. The van der Waals surface area contributed by atoms with Gasteiger partial charge >= 0.3 is 0 Å². The third-order valence-corrected chi connectivity index (χ3v) is 4.60. The largest absolute Gasteiger partial charge is 0.490 e. The molecular weight excluding hydrogens is 356 g/mol. The lowest BCUT2D eigenvalue weighted by atomic mass is 9.98. The highest BCUT2D eigenvalue weighted by molar-refractivity contribution is 5.97. The number of hydrogen-bond acceptors (Lipinski definition) is 4. The van der Waals surface area contributed by atoms with Gasteiger partial charge in [-0.3, -0.25) is 9.59 Å². The first-order valence-corrected chi connectivity index (χ1v) is 9.60. The van der Waals surface area contributed by atoms with Crippen molar-refractivity contribution in [3.05, 3.63) is 53.1 Å². The highest BCUT2D eigenvalue weighted by Crippen LogP contribution is 2.34. The first kappa shape index (κ1) is 19.7. The molecule has 6 nitrogen and oxygen atoms in total. The maximum Gasteiger partial charge on any atom is 0.254 e. The van der Waals surface area contributed by atoms with Crippen molar-refractivity contribution in [2.75, 3.05) is 25.1 Å². The third kappa shape index (κ3) is 4.44. The van der Waals surface area contributed by atoms with Crippen LogP contribution in [-0.4, -0.2) is 36.5 Å². The fourth-order valence-electron chi connectivity index (χ4n) is 3.39. The van der Waals surface area contributed by atoms with Gasteiger partial charge in [-0.15, -0.1) is 0 Å². The van der Waals surface area contributed by atoms with Gasteiger partial charge < -0.3 is 19.7 Å². The zero-order chi connectivity index (χ0) is 20.1. The van der Waals surface area contributed by atoms with Gasteiger partial charge in [0.1, 0.15) is 0 Å². The van der Waals surface area contributed by atoms with E-state index in [9.17, 15) is 9.59 Å². The van der Waals surface area contributed by atoms with E-state index in [1.807, 2.05) is 30.9 Å². The lowest BCUT2D eigenvalue weighted by molar-refractivity contribution is -0.114. The number of rotatable bonds is 6. The van der Waals surface area contributed by atoms with Gasteiger partial charge in [-0.05, 0) is 61.7 Å². The van der Waals surface area contributed by atoms with E-state index in [1.165, 1.54) is 12.5 Å². The van der Waals surface area contributed by atoms with E-state index < -0.39 is 0 Å². The van der Waals surface area contributed by atoms with Gasteiger partial charge in [0.15, 0.2) is 11.5 Å². The highest BCUT2D eigenvalue weighted by atomic mass is 16.5. The molecule has 0 fully saturated rings. The first-order chi connectivity index (χ1) is 13.5. The normalized spacial score (nSPS) is 12.9. The number of carbonyl (C=O) groups excluding carboxylic acids is 2. The Morgan fingerprint density at radius 1 is 1.04 bits per heavy atom. The van der Waals surface area contributed by atoms with Crippen LogP contribution in [0.1, 0.15) is 42.3 Å². The Hall–Kier alpha value is -3.02. The van der Waals surface area contributed by atoms with Crippen molar-refractivity contribution < 1.29 is 19.1 Å². The molecule has 0 aliphatic carbocycles. The van der Waals surface area contributed by atoms with E-state index in [0.29, 0.717) is 43.3 Å². The molecular formula is C22H26N2O4. The van der Waals surface area contributed by atoms with Crippen LogP contribution in [0.2, 0.25) is 0 Å². The summed E-state index contributed by atoms with van der Waals surface area (Å²) in [5.74, 6) is 1.26. The lowest BCUT2D eigenvalue weighted by Crippen LogP contribution is -2.36. The van der Waals surface area contributed by atoms with Crippen molar-refractivity contribution >= 4 is 17.5 Å². The van der Waals surface area contributed by atoms with E-state index in [0.717, 1.165) is 17.7 Å². The lowest BCUT2D eigenvalue weighted by Gasteiger charge is -2.30. The molecule has 6 heteroatoms. The minimum absolute atomic E-state index is 0.0512. The Morgan fingerprint density at radius 3 is 2.36 bits per heavy atom.